The number of nitrogens with one attached hydrogen (secondary N) is 2. The van der Waals surface area contributed by atoms with Crippen LogP contribution in [0.15, 0.2) is 106 Å². The zero-order valence-electron chi connectivity index (χ0n) is 25.2. The number of anilines is 2. The third-order valence-electron chi connectivity index (χ3n) is 6.66. The van der Waals surface area contributed by atoms with Crippen molar-refractivity contribution in [1.82, 2.24) is 39.2 Å². The van der Waals surface area contributed by atoms with Crippen LogP contribution in [0.3, 0.4) is 0 Å². The molecule has 0 fully saturated rings. The number of rotatable bonds is 7. The molecule has 270 valence electrons. The summed E-state index contributed by atoms with van der Waals surface area (Å²) in [6.07, 6.45) is -2.02. The molecule has 0 spiro atoms. The highest BCUT2D eigenvalue weighted by atomic mass is 35.5. The van der Waals surface area contributed by atoms with Crippen molar-refractivity contribution in [3.05, 3.63) is 108 Å². The van der Waals surface area contributed by atoms with Crippen molar-refractivity contribution < 1.29 is 47.6 Å². The number of halogens is 7. The first-order valence-electron chi connectivity index (χ1n) is 13.9. The molecule has 7 rings (SSSR count). The Balaban J connectivity index is 0.000000181. The van der Waals surface area contributed by atoms with Crippen molar-refractivity contribution in [2.24, 2.45) is 0 Å². The van der Waals surface area contributed by atoms with Crippen molar-refractivity contribution in [1.29, 1.82) is 0 Å². The maximum atomic E-state index is 13.3. The molecule has 0 atom stereocenters. The average molecular weight is 787 g/mol. The minimum Gasteiger partial charge on any atom is -0.463 e. The summed E-state index contributed by atoms with van der Waals surface area (Å²) >= 11 is 5.71. The van der Waals surface area contributed by atoms with Crippen LogP contribution in [0.4, 0.5) is 38.0 Å². The molecule has 7 aromatic heterocycles. The molecule has 24 heteroatoms. The summed E-state index contributed by atoms with van der Waals surface area (Å²) in [5.41, 5.74) is -3.41. The van der Waals surface area contributed by atoms with Gasteiger partial charge in [0, 0.05) is 36.9 Å². The van der Waals surface area contributed by atoms with Gasteiger partial charge in [0.1, 0.15) is 43.4 Å². The van der Waals surface area contributed by atoms with Gasteiger partial charge in [-0.25, -0.2) is 26.8 Å². The van der Waals surface area contributed by atoms with Crippen LogP contribution in [0.1, 0.15) is 11.1 Å². The summed E-state index contributed by atoms with van der Waals surface area (Å²) in [6.45, 7) is 0. The highest BCUT2D eigenvalue weighted by Gasteiger charge is 2.37. The van der Waals surface area contributed by atoms with Gasteiger partial charge in [0.05, 0.1) is 18.7 Å². The van der Waals surface area contributed by atoms with E-state index in [4.69, 9.17) is 16.0 Å². The van der Waals surface area contributed by atoms with E-state index >= 15 is 0 Å². The van der Waals surface area contributed by atoms with E-state index in [0.29, 0.717) is 16.9 Å². The first kappa shape index (κ1) is 36.0. The van der Waals surface area contributed by atoms with E-state index in [1.807, 2.05) is 0 Å². The second kappa shape index (κ2) is 13.4. The number of pyridine rings is 2. The van der Waals surface area contributed by atoms with Gasteiger partial charge in [-0.2, -0.15) is 45.6 Å². The van der Waals surface area contributed by atoms with Gasteiger partial charge in [0.25, 0.3) is 20.0 Å². The summed E-state index contributed by atoms with van der Waals surface area (Å²) in [5.74, 6) is -0.362. The summed E-state index contributed by atoms with van der Waals surface area (Å²) < 4.78 is 139. The molecule has 15 nitrogen and oxygen atoms in total. The molecule has 0 radical (unpaired) electrons. The Labute approximate surface area is 292 Å². The fourth-order valence-corrected chi connectivity index (χ4v) is 6.57. The lowest BCUT2D eigenvalue weighted by Gasteiger charge is -2.11. The lowest BCUT2D eigenvalue weighted by atomic mass is 10.3. The largest absolute Gasteiger partial charge is 0.463 e. The summed E-state index contributed by atoms with van der Waals surface area (Å²) in [7, 11) is -8.22. The quantitative estimate of drug-likeness (QED) is 0.147. The Kier molecular flexibility index (Phi) is 9.27. The second-order valence-corrected chi connectivity index (χ2v) is 13.9. The van der Waals surface area contributed by atoms with Crippen LogP contribution >= 0.6 is 11.6 Å². The highest BCUT2D eigenvalue weighted by molar-refractivity contribution is 7.93. The van der Waals surface area contributed by atoms with E-state index in [-0.39, 0.29) is 38.0 Å². The molecule has 7 heterocycles. The zero-order chi connectivity index (χ0) is 37.5. The molecule has 0 aliphatic carbocycles. The monoisotopic (exact) mass is 786 g/mol. The number of nitrogens with zero attached hydrogens (tertiary/aromatic N) is 8. The van der Waals surface area contributed by atoms with E-state index in [9.17, 15) is 43.2 Å². The first-order chi connectivity index (χ1) is 24.4. The van der Waals surface area contributed by atoms with E-state index in [0.717, 1.165) is 23.0 Å². The Hall–Kier alpha value is -5.81. The van der Waals surface area contributed by atoms with Crippen molar-refractivity contribution in [3.63, 3.8) is 0 Å². The zero-order valence-corrected chi connectivity index (χ0v) is 27.6. The molecule has 0 saturated carbocycles. The highest BCUT2D eigenvalue weighted by Crippen LogP contribution is 2.35. The molecule has 0 bridgehead atoms. The molecule has 52 heavy (non-hydrogen) atoms. The molecular weight excluding hydrogens is 770 g/mol. The van der Waals surface area contributed by atoms with Crippen LogP contribution in [-0.4, -0.2) is 56.0 Å². The fraction of sp³-hybridized carbons (Fsp3) is 0.0714. The maximum absolute atomic E-state index is 13.3. The van der Waals surface area contributed by atoms with Crippen LogP contribution in [-0.2, 0) is 32.4 Å². The fourth-order valence-electron chi connectivity index (χ4n) is 4.40. The van der Waals surface area contributed by atoms with Gasteiger partial charge in [-0.05, 0) is 36.4 Å². The summed E-state index contributed by atoms with van der Waals surface area (Å²) in [4.78, 5) is 14.6. The Bertz CT molecular complexity index is 2600. The number of fused-ring (bicyclic) bond motifs is 2. The summed E-state index contributed by atoms with van der Waals surface area (Å²) in [6, 6.07) is 10.7. The lowest BCUT2D eigenvalue weighted by Crippen LogP contribution is -2.16. The third-order valence-corrected chi connectivity index (χ3v) is 9.54. The molecule has 2 N–H and O–H groups in total. The number of hydrogen-bond donors (Lipinski definition) is 2. The topological polar surface area (TPSA) is 192 Å². The molecule has 0 aromatic carbocycles. The van der Waals surface area contributed by atoms with Gasteiger partial charge in [-0.3, -0.25) is 19.4 Å². The van der Waals surface area contributed by atoms with Crippen LogP contribution < -0.4 is 9.44 Å². The van der Waals surface area contributed by atoms with E-state index in [1.165, 1.54) is 61.1 Å². The van der Waals surface area contributed by atoms with E-state index in [2.05, 4.69) is 39.6 Å². The first-order valence-corrected chi connectivity index (χ1v) is 17.3. The Morgan fingerprint density at radius 3 is 1.62 bits per heavy atom. The molecule has 0 unspecified atom stereocenters. The van der Waals surface area contributed by atoms with Gasteiger partial charge in [0.15, 0.2) is 17.1 Å². The molecule has 0 amide bonds. The van der Waals surface area contributed by atoms with Crippen LogP contribution in [0.5, 0.6) is 0 Å². The van der Waals surface area contributed by atoms with Gasteiger partial charge >= 0.3 is 12.4 Å². The predicted molar refractivity (Wildman–Crippen MR) is 169 cm³/mol. The normalized spacial score (nSPS) is 12.4. The molecule has 7 aromatic rings. The summed E-state index contributed by atoms with van der Waals surface area (Å²) in [5, 5.41) is 6.86. The van der Waals surface area contributed by atoms with Crippen molar-refractivity contribution in [2.75, 3.05) is 9.44 Å². The van der Waals surface area contributed by atoms with Crippen LogP contribution in [0.25, 0.3) is 22.7 Å². The molecular formula is C28H17ClF6N10O5S2. The number of aromatic nitrogens is 8. The standard InChI is InChI=1S/C16H10F3N5O3S.C12H7ClF3N5O2S/c17-16(18,19)11-9-21-24-14(23-28(25,26)10-3-1-5-20-8-10)7-12(22-15(11)24)13-4-2-6-27-13;13-9-4-10(20-24(22,23)7-2-1-3-17-5-7)21-11(19-9)8(6-18-21)12(14,15)16/h1-9,23H;1-6,20H. The van der Waals surface area contributed by atoms with Gasteiger partial charge in [0.2, 0.25) is 0 Å². The Morgan fingerprint density at radius 2 is 1.17 bits per heavy atom. The number of sulfonamides is 2. The van der Waals surface area contributed by atoms with Crippen molar-refractivity contribution >= 4 is 54.6 Å². The lowest BCUT2D eigenvalue weighted by molar-refractivity contribution is -0.137. The third kappa shape index (κ3) is 7.45. The van der Waals surface area contributed by atoms with Crippen LogP contribution in [0, 0.1) is 0 Å². The average Bonchev–Trinajstić information content (AvgIpc) is 3.86. The molecule has 0 saturated heterocycles. The van der Waals surface area contributed by atoms with E-state index < -0.39 is 54.8 Å². The smallest absolute Gasteiger partial charge is 0.421 e. The number of alkyl halides is 6. The number of furan rings is 1. The van der Waals surface area contributed by atoms with Gasteiger partial charge in [-0.15, -0.1) is 0 Å². The Morgan fingerprint density at radius 1 is 0.673 bits per heavy atom. The second-order valence-electron chi connectivity index (χ2n) is 10.1. The van der Waals surface area contributed by atoms with Gasteiger partial charge in [-0.1, -0.05) is 11.6 Å². The van der Waals surface area contributed by atoms with Crippen molar-refractivity contribution in [2.45, 2.75) is 22.1 Å². The number of hydrogen-bond acceptors (Lipinski definition) is 11. The van der Waals surface area contributed by atoms with Crippen LogP contribution in [0.2, 0.25) is 5.15 Å². The predicted octanol–water partition coefficient (Wildman–Crippen LogP) is 5.80. The molecule has 0 aliphatic rings. The maximum Gasteiger partial charge on any atom is 0.421 e. The van der Waals surface area contributed by atoms with Crippen molar-refractivity contribution in [3.8, 4) is 11.5 Å². The minimum atomic E-state index is -4.73. The van der Waals surface area contributed by atoms with Gasteiger partial charge < -0.3 is 4.42 Å². The van der Waals surface area contributed by atoms with E-state index in [1.54, 1.807) is 0 Å². The SMILES string of the molecule is O=S(=O)(Nc1cc(-c2ccco2)nc2c(C(F)(F)F)cnn12)c1cccnc1.O=S(=O)(Nc1cc(Cl)nc2c(C(F)(F)F)cnn12)c1cccnc1. The molecule has 0 aliphatic heterocycles. The minimum absolute atomic E-state index is 0.00684.